The number of nitrogens with zero attached hydrogens (tertiary/aromatic N) is 1. The van der Waals surface area contributed by atoms with Crippen molar-refractivity contribution in [3.05, 3.63) is 12.2 Å². The lowest BCUT2D eigenvalue weighted by Gasteiger charge is -2.56. The van der Waals surface area contributed by atoms with Crippen LogP contribution in [0.4, 0.5) is 0 Å². The highest BCUT2D eigenvalue weighted by Crippen LogP contribution is 2.40. The van der Waals surface area contributed by atoms with Gasteiger partial charge in [0.25, 0.3) is 5.91 Å². The molecule has 2 saturated heterocycles. The number of rotatable bonds is 3. The molecule has 2 fully saturated rings. The Morgan fingerprint density at radius 3 is 2.58 bits per heavy atom. The van der Waals surface area contributed by atoms with Gasteiger partial charge in [0.2, 0.25) is 0 Å². The van der Waals surface area contributed by atoms with E-state index in [-0.39, 0.29) is 11.8 Å². The third-order valence-corrected chi connectivity index (χ3v) is 4.06. The number of piperidine rings is 1. The van der Waals surface area contributed by atoms with Gasteiger partial charge >= 0.3 is 5.97 Å². The molecule has 5 atom stereocenters. The van der Waals surface area contributed by atoms with E-state index in [0.717, 1.165) is 5.57 Å². The molecule has 1 amide bonds. The highest BCUT2D eigenvalue weighted by atomic mass is 16.5. The molecule has 1 N–H and O–H groups in total. The number of aliphatic hydroxyl groups is 1. The van der Waals surface area contributed by atoms with Crippen molar-refractivity contribution in [1.29, 1.82) is 0 Å². The zero-order valence-corrected chi connectivity index (χ0v) is 11.3. The summed E-state index contributed by atoms with van der Waals surface area (Å²) in [7, 11) is 2.71. The molecule has 0 aromatic rings. The number of ether oxygens (including phenoxy) is 2. The Labute approximate surface area is 112 Å². The Morgan fingerprint density at radius 1 is 1.47 bits per heavy atom. The first-order valence-corrected chi connectivity index (χ1v) is 6.20. The van der Waals surface area contributed by atoms with E-state index in [1.807, 2.05) is 0 Å². The van der Waals surface area contributed by atoms with Crippen LogP contribution in [0.2, 0.25) is 0 Å². The Balaban J connectivity index is 2.30. The predicted molar refractivity (Wildman–Crippen MR) is 66.2 cm³/mol. The van der Waals surface area contributed by atoms with E-state index in [2.05, 4.69) is 6.58 Å². The number of fused-ring (bicyclic) bond motifs is 1. The number of carbonyl (C=O) groups excluding carboxylic acids is 2. The molecular formula is C13H19NO5. The topological polar surface area (TPSA) is 76.1 Å². The summed E-state index contributed by atoms with van der Waals surface area (Å²) in [6, 6.07) is -1.17. The maximum Gasteiger partial charge on any atom is 0.328 e. The lowest BCUT2D eigenvalue weighted by atomic mass is 9.73. The highest BCUT2D eigenvalue weighted by molar-refractivity contribution is 5.93. The van der Waals surface area contributed by atoms with Crippen LogP contribution in [0.15, 0.2) is 12.2 Å². The van der Waals surface area contributed by atoms with Gasteiger partial charge < -0.3 is 19.5 Å². The van der Waals surface area contributed by atoms with Gasteiger partial charge in [0.1, 0.15) is 6.04 Å². The first kappa shape index (κ1) is 14.0. The molecule has 0 radical (unpaired) electrons. The standard InChI is InChI=1S/C13H19NO5/c1-6(2)7-5-8(13(17)19-4)14-9(10(7)15)11(18-3)12(14)16/h7-11,15H,1,5H2,2-4H3/t7-,8-,9-,10-,11+/m0/s1. The fourth-order valence-electron chi connectivity index (χ4n) is 3.02. The second kappa shape index (κ2) is 4.94. The summed E-state index contributed by atoms with van der Waals surface area (Å²) in [4.78, 5) is 25.1. The van der Waals surface area contributed by atoms with Gasteiger partial charge in [-0.15, -0.1) is 0 Å². The van der Waals surface area contributed by atoms with E-state index in [1.54, 1.807) is 6.92 Å². The molecular weight excluding hydrogens is 250 g/mol. The third kappa shape index (κ3) is 1.95. The minimum Gasteiger partial charge on any atom is -0.467 e. The van der Waals surface area contributed by atoms with Crippen LogP contribution in [0.25, 0.3) is 0 Å². The Kier molecular flexibility index (Phi) is 3.64. The molecule has 0 aliphatic carbocycles. The predicted octanol–water partition coefficient (Wildman–Crippen LogP) is -0.289. The number of carbonyl (C=O) groups is 2. The Morgan fingerprint density at radius 2 is 2.11 bits per heavy atom. The van der Waals surface area contributed by atoms with Crippen molar-refractivity contribution in [3.63, 3.8) is 0 Å². The van der Waals surface area contributed by atoms with E-state index >= 15 is 0 Å². The van der Waals surface area contributed by atoms with E-state index in [9.17, 15) is 14.7 Å². The van der Waals surface area contributed by atoms with Crippen molar-refractivity contribution in [3.8, 4) is 0 Å². The summed E-state index contributed by atoms with van der Waals surface area (Å²) in [5.41, 5.74) is 0.787. The summed E-state index contributed by atoms with van der Waals surface area (Å²) in [6.07, 6.45) is -1.12. The second-order valence-electron chi connectivity index (χ2n) is 5.11. The number of β-lactam (4-membered cyclic amide) rings is 1. The van der Waals surface area contributed by atoms with Gasteiger partial charge in [-0.1, -0.05) is 12.2 Å². The summed E-state index contributed by atoms with van der Waals surface area (Å²) in [5.74, 6) is -0.982. The van der Waals surface area contributed by atoms with Gasteiger partial charge in [-0.3, -0.25) is 4.79 Å². The van der Waals surface area contributed by atoms with Crippen molar-refractivity contribution in [2.24, 2.45) is 5.92 Å². The fraction of sp³-hybridized carbons (Fsp3) is 0.692. The van der Waals surface area contributed by atoms with Crippen LogP contribution in [0, 0.1) is 5.92 Å². The molecule has 2 aliphatic rings. The quantitative estimate of drug-likeness (QED) is 0.433. The molecule has 2 rings (SSSR count). The van der Waals surface area contributed by atoms with Gasteiger partial charge in [-0.25, -0.2) is 4.79 Å². The SMILES string of the molecule is C=C(C)[C@@H]1C[C@@H](C(=O)OC)N2C(=O)[C@H](OC)[C@@H]2[C@H]1O. The minimum absolute atomic E-state index is 0.240. The summed E-state index contributed by atoms with van der Waals surface area (Å²) < 4.78 is 9.83. The van der Waals surface area contributed by atoms with Crippen LogP contribution < -0.4 is 0 Å². The lowest BCUT2D eigenvalue weighted by molar-refractivity contribution is -0.205. The molecule has 106 valence electrons. The minimum atomic E-state index is -0.763. The molecule has 0 spiro atoms. The van der Waals surface area contributed by atoms with Crippen molar-refractivity contribution >= 4 is 11.9 Å². The zero-order valence-electron chi connectivity index (χ0n) is 11.3. The van der Waals surface area contributed by atoms with E-state index in [4.69, 9.17) is 9.47 Å². The molecule has 0 unspecified atom stereocenters. The first-order valence-electron chi connectivity index (χ1n) is 6.20. The Hall–Kier alpha value is -1.40. The second-order valence-corrected chi connectivity index (χ2v) is 5.11. The summed E-state index contributed by atoms with van der Waals surface area (Å²) in [6.45, 7) is 5.65. The lowest BCUT2D eigenvalue weighted by Crippen LogP contribution is -2.77. The molecule has 6 nitrogen and oxygen atoms in total. The van der Waals surface area contributed by atoms with Crippen molar-refractivity contribution in [1.82, 2.24) is 4.90 Å². The Bertz CT molecular complexity index is 421. The molecule has 0 aromatic carbocycles. The molecule has 6 heteroatoms. The van der Waals surface area contributed by atoms with E-state index in [0.29, 0.717) is 6.42 Å². The molecule has 19 heavy (non-hydrogen) atoms. The molecule has 0 aromatic heterocycles. The number of methoxy groups -OCH3 is 2. The third-order valence-electron chi connectivity index (χ3n) is 4.06. The van der Waals surface area contributed by atoms with Crippen LogP contribution in [0.5, 0.6) is 0 Å². The molecule has 2 aliphatic heterocycles. The van der Waals surface area contributed by atoms with Crippen molar-refractivity contribution in [2.45, 2.75) is 37.6 Å². The van der Waals surface area contributed by atoms with Crippen LogP contribution in [-0.4, -0.2) is 60.4 Å². The molecule has 2 heterocycles. The largest absolute Gasteiger partial charge is 0.467 e. The monoisotopic (exact) mass is 269 g/mol. The molecule has 0 saturated carbocycles. The maximum atomic E-state index is 11.9. The maximum absolute atomic E-state index is 11.9. The fourth-order valence-corrected chi connectivity index (χ4v) is 3.02. The van der Waals surface area contributed by atoms with Gasteiger partial charge in [-0.05, 0) is 13.3 Å². The number of amides is 1. The van der Waals surface area contributed by atoms with Gasteiger partial charge in [0.15, 0.2) is 6.10 Å². The van der Waals surface area contributed by atoms with Gasteiger partial charge in [-0.2, -0.15) is 0 Å². The van der Waals surface area contributed by atoms with E-state index in [1.165, 1.54) is 19.1 Å². The highest BCUT2D eigenvalue weighted by Gasteiger charge is 2.60. The number of hydrogen-bond acceptors (Lipinski definition) is 5. The van der Waals surface area contributed by atoms with Crippen LogP contribution in [0.3, 0.4) is 0 Å². The van der Waals surface area contributed by atoms with Crippen molar-refractivity contribution < 1.29 is 24.2 Å². The van der Waals surface area contributed by atoms with Crippen molar-refractivity contribution in [2.75, 3.05) is 14.2 Å². The zero-order chi connectivity index (χ0) is 14.3. The van der Waals surface area contributed by atoms with Gasteiger partial charge in [0.05, 0.1) is 19.3 Å². The average Bonchev–Trinajstić information content (AvgIpc) is 2.38. The number of aliphatic hydroxyl groups excluding tert-OH is 1. The van der Waals surface area contributed by atoms with Crippen LogP contribution >= 0.6 is 0 Å². The first-order chi connectivity index (χ1) is 8.93. The normalized spacial score (nSPS) is 37.4. The number of esters is 1. The average molecular weight is 269 g/mol. The van der Waals surface area contributed by atoms with Gasteiger partial charge in [0, 0.05) is 13.0 Å². The number of hydrogen-bond donors (Lipinski definition) is 1. The smallest absolute Gasteiger partial charge is 0.328 e. The van der Waals surface area contributed by atoms with E-state index < -0.39 is 30.3 Å². The summed E-state index contributed by atoms with van der Waals surface area (Å²) in [5, 5.41) is 10.3. The molecule has 0 bridgehead atoms. The van der Waals surface area contributed by atoms with Crippen LogP contribution in [-0.2, 0) is 19.1 Å². The van der Waals surface area contributed by atoms with Crippen LogP contribution in [0.1, 0.15) is 13.3 Å². The summed E-state index contributed by atoms with van der Waals surface area (Å²) >= 11 is 0.